The molecule has 1 aliphatic rings. The zero-order valence-corrected chi connectivity index (χ0v) is 8.17. The number of rotatable bonds is 2. The molecule has 68 valence electrons. The minimum atomic E-state index is 0.597. The fourth-order valence-corrected chi connectivity index (χ4v) is 1.88. The van der Waals surface area contributed by atoms with E-state index in [0.29, 0.717) is 11.1 Å². The minimum absolute atomic E-state index is 0.597. The molecule has 0 fully saturated rings. The van der Waals surface area contributed by atoms with Crippen molar-refractivity contribution in [2.45, 2.75) is 19.3 Å². The third-order valence-corrected chi connectivity index (χ3v) is 2.57. The largest absolute Gasteiger partial charge is 0.241 e. The Morgan fingerprint density at radius 3 is 3.08 bits per heavy atom. The molecule has 1 unspecified atom stereocenters. The van der Waals surface area contributed by atoms with E-state index in [1.807, 2.05) is 18.2 Å². The monoisotopic (exact) mass is 193 g/mol. The number of aromatic nitrogens is 1. The highest BCUT2D eigenvalue weighted by atomic mass is 35.5. The number of pyridine rings is 1. The van der Waals surface area contributed by atoms with Crippen LogP contribution in [-0.2, 0) is 6.42 Å². The lowest BCUT2D eigenvalue weighted by molar-refractivity contribution is 0.620. The first-order valence-corrected chi connectivity index (χ1v) is 5.00. The summed E-state index contributed by atoms with van der Waals surface area (Å²) in [5, 5.41) is 0.597. The summed E-state index contributed by atoms with van der Waals surface area (Å²) >= 11 is 5.80. The van der Waals surface area contributed by atoms with Gasteiger partial charge in [-0.25, -0.2) is 4.98 Å². The number of nitrogens with zero attached hydrogens (tertiary/aromatic N) is 1. The Bertz CT molecular complexity index is 320. The van der Waals surface area contributed by atoms with Crippen LogP contribution >= 0.6 is 11.6 Å². The molecule has 0 aromatic carbocycles. The Kier molecular flexibility index (Phi) is 2.65. The van der Waals surface area contributed by atoms with Gasteiger partial charge in [0.15, 0.2) is 0 Å². The van der Waals surface area contributed by atoms with Gasteiger partial charge in [-0.3, -0.25) is 0 Å². The lowest BCUT2D eigenvalue weighted by atomic mass is 10.0. The maximum Gasteiger partial charge on any atom is 0.129 e. The van der Waals surface area contributed by atoms with Crippen molar-refractivity contribution in [2.75, 3.05) is 0 Å². The van der Waals surface area contributed by atoms with Gasteiger partial charge in [-0.15, -0.1) is 0 Å². The molecule has 2 rings (SSSR count). The highest BCUT2D eigenvalue weighted by Crippen LogP contribution is 2.21. The highest BCUT2D eigenvalue weighted by molar-refractivity contribution is 6.29. The molecule has 1 aliphatic carbocycles. The lowest BCUT2D eigenvalue weighted by Gasteiger charge is -2.06. The van der Waals surface area contributed by atoms with Gasteiger partial charge < -0.3 is 0 Å². The van der Waals surface area contributed by atoms with Crippen LogP contribution in [0.5, 0.6) is 0 Å². The second-order valence-corrected chi connectivity index (χ2v) is 3.81. The highest BCUT2D eigenvalue weighted by Gasteiger charge is 2.10. The minimum Gasteiger partial charge on any atom is -0.241 e. The Morgan fingerprint density at radius 1 is 1.46 bits per heavy atom. The van der Waals surface area contributed by atoms with E-state index in [1.54, 1.807) is 0 Å². The topological polar surface area (TPSA) is 12.9 Å². The summed E-state index contributed by atoms with van der Waals surface area (Å²) < 4.78 is 0. The van der Waals surface area contributed by atoms with Crippen LogP contribution in [0, 0.1) is 5.92 Å². The quantitative estimate of drug-likeness (QED) is 0.519. The lowest BCUT2D eigenvalue weighted by Crippen LogP contribution is -1.99. The summed E-state index contributed by atoms with van der Waals surface area (Å²) in [5.41, 5.74) is 1.10. The predicted octanol–water partition coefficient (Wildman–Crippen LogP) is 3.24. The molecular formula is C11H12ClN. The van der Waals surface area contributed by atoms with E-state index in [2.05, 4.69) is 17.1 Å². The Labute approximate surface area is 83.4 Å². The number of hydrogen-bond donors (Lipinski definition) is 0. The first-order chi connectivity index (χ1) is 6.34. The van der Waals surface area contributed by atoms with E-state index < -0.39 is 0 Å². The maximum absolute atomic E-state index is 5.80. The van der Waals surface area contributed by atoms with Crippen LogP contribution in [-0.4, -0.2) is 4.98 Å². The van der Waals surface area contributed by atoms with Crippen molar-refractivity contribution in [2.24, 2.45) is 5.92 Å². The van der Waals surface area contributed by atoms with E-state index in [9.17, 15) is 0 Å². The molecule has 0 bridgehead atoms. The third kappa shape index (κ3) is 2.31. The molecule has 1 heterocycles. The molecule has 1 aromatic heterocycles. The van der Waals surface area contributed by atoms with Gasteiger partial charge in [-0.1, -0.05) is 29.8 Å². The van der Waals surface area contributed by atoms with Crippen LogP contribution in [0.3, 0.4) is 0 Å². The van der Waals surface area contributed by atoms with E-state index >= 15 is 0 Å². The van der Waals surface area contributed by atoms with Gasteiger partial charge in [0.25, 0.3) is 0 Å². The van der Waals surface area contributed by atoms with Gasteiger partial charge >= 0.3 is 0 Å². The molecule has 0 aliphatic heterocycles. The second kappa shape index (κ2) is 3.93. The molecule has 0 saturated heterocycles. The zero-order chi connectivity index (χ0) is 9.10. The van der Waals surface area contributed by atoms with Crippen molar-refractivity contribution in [1.29, 1.82) is 0 Å². The van der Waals surface area contributed by atoms with Gasteiger partial charge in [-0.2, -0.15) is 0 Å². The summed E-state index contributed by atoms with van der Waals surface area (Å²) in [7, 11) is 0. The number of halogens is 1. The molecule has 0 amide bonds. The zero-order valence-electron chi connectivity index (χ0n) is 7.41. The van der Waals surface area contributed by atoms with Crippen molar-refractivity contribution in [3.8, 4) is 0 Å². The molecule has 1 nitrogen and oxygen atoms in total. The Morgan fingerprint density at radius 2 is 2.38 bits per heavy atom. The molecule has 1 atom stereocenters. The summed E-state index contributed by atoms with van der Waals surface area (Å²) in [4.78, 5) is 4.27. The average molecular weight is 194 g/mol. The summed E-state index contributed by atoms with van der Waals surface area (Å²) in [6.07, 6.45) is 8.02. The molecule has 13 heavy (non-hydrogen) atoms. The van der Waals surface area contributed by atoms with E-state index in [0.717, 1.165) is 12.1 Å². The van der Waals surface area contributed by atoms with Crippen molar-refractivity contribution < 1.29 is 0 Å². The van der Waals surface area contributed by atoms with Crippen molar-refractivity contribution >= 4 is 11.6 Å². The Hall–Kier alpha value is -0.820. The summed E-state index contributed by atoms with van der Waals surface area (Å²) in [6.45, 7) is 0. The average Bonchev–Trinajstić information content (AvgIpc) is 2.57. The number of allylic oxidation sites excluding steroid dienone is 2. The third-order valence-electron chi connectivity index (χ3n) is 2.36. The van der Waals surface area contributed by atoms with Gasteiger partial charge in [0.05, 0.1) is 0 Å². The van der Waals surface area contributed by atoms with Crippen LogP contribution in [0.1, 0.15) is 18.5 Å². The molecule has 0 radical (unpaired) electrons. The van der Waals surface area contributed by atoms with Crippen LogP contribution < -0.4 is 0 Å². The van der Waals surface area contributed by atoms with Crippen LogP contribution in [0.4, 0.5) is 0 Å². The second-order valence-electron chi connectivity index (χ2n) is 3.42. The van der Waals surface area contributed by atoms with Crippen molar-refractivity contribution in [3.05, 3.63) is 41.2 Å². The molecule has 0 saturated carbocycles. The number of hydrogen-bond acceptors (Lipinski definition) is 1. The van der Waals surface area contributed by atoms with E-state index in [4.69, 9.17) is 11.6 Å². The van der Waals surface area contributed by atoms with Gasteiger partial charge in [0.1, 0.15) is 5.15 Å². The van der Waals surface area contributed by atoms with E-state index in [1.165, 1.54) is 12.8 Å². The maximum atomic E-state index is 5.80. The molecular weight excluding hydrogens is 182 g/mol. The van der Waals surface area contributed by atoms with Gasteiger partial charge in [0.2, 0.25) is 0 Å². The molecule has 1 aromatic rings. The first-order valence-electron chi connectivity index (χ1n) is 4.63. The van der Waals surface area contributed by atoms with Crippen molar-refractivity contribution in [3.63, 3.8) is 0 Å². The van der Waals surface area contributed by atoms with Gasteiger partial charge in [0, 0.05) is 5.69 Å². The summed E-state index contributed by atoms with van der Waals surface area (Å²) in [6, 6.07) is 5.82. The Balaban J connectivity index is 2.04. The smallest absolute Gasteiger partial charge is 0.129 e. The van der Waals surface area contributed by atoms with Gasteiger partial charge in [-0.05, 0) is 37.3 Å². The first kappa shape index (κ1) is 8.76. The normalized spacial score (nSPS) is 20.8. The standard InChI is InChI=1S/C11H12ClN/c12-11-7-3-6-10(13-11)8-9-4-1-2-5-9/h1,3-4,6-7,9H,2,5,8H2. The molecule has 2 heteroatoms. The van der Waals surface area contributed by atoms with E-state index in [-0.39, 0.29) is 0 Å². The fraction of sp³-hybridized carbons (Fsp3) is 0.364. The van der Waals surface area contributed by atoms with Crippen molar-refractivity contribution in [1.82, 2.24) is 4.98 Å². The fourth-order valence-electron chi connectivity index (χ4n) is 1.70. The van der Waals surface area contributed by atoms with Crippen LogP contribution in [0.15, 0.2) is 30.4 Å². The predicted molar refractivity (Wildman–Crippen MR) is 54.8 cm³/mol. The SMILES string of the molecule is Clc1cccc(CC2C=CCC2)n1. The summed E-state index contributed by atoms with van der Waals surface area (Å²) in [5.74, 6) is 0.672. The van der Waals surface area contributed by atoms with Crippen LogP contribution in [0.25, 0.3) is 0 Å². The van der Waals surface area contributed by atoms with Crippen LogP contribution in [0.2, 0.25) is 5.15 Å². The molecule has 0 spiro atoms. The molecule has 0 N–H and O–H groups in total.